The molecule has 3 N–H and O–H groups in total. The van der Waals surface area contributed by atoms with Gasteiger partial charge in [-0.1, -0.05) is 13.8 Å². The van der Waals surface area contributed by atoms with E-state index in [9.17, 15) is 4.79 Å². The van der Waals surface area contributed by atoms with Crippen LogP contribution in [0.3, 0.4) is 0 Å². The van der Waals surface area contributed by atoms with Crippen molar-refractivity contribution in [1.82, 2.24) is 0 Å². The number of nitrogens with two attached hydrogens (primary N) is 1. The Hall–Kier alpha value is 1.48. The molecule has 0 aromatic rings. The van der Waals surface area contributed by atoms with Gasteiger partial charge in [-0.2, -0.15) is 0 Å². The van der Waals surface area contributed by atoms with Crippen LogP contribution in [-0.4, -0.2) is 86.5 Å². The number of hydrogen-bond acceptors (Lipinski definition) is 2. The summed E-state index contributed by atoms with van der Waals surface area (Å²) in [6.07, 6.45) is 1.11. The number of rotatable bonds is 5. The molecule has 0 radical (unpaired) electrons. The number of carboxylic acids is 1. The summed E-state index contributed by atoms with van der Waals surface area (Å²) in [5, 5.41) is 8.47. The topological polar surface area (TPSA) is 63.3 Å². The van der Waals surface area contributed by atoms with Crippen LogP contribution in [0.5, 0.6) is 0 Å². The maximum absolute atomic E-state index is 10.3. The third kappa shape index (κ3) is 9.57. The van der Waals surface area contributed by atoms with E-state index in [-0.39, 0.29) is 81.2 Å². The second kappa shape index (κ2) is 9.05. The molecule has 0 aliphatic rings. The molecule has 0 saturated heterocycles. The standard InChI is InChI=1S/C8H17NO2.Cs.H/c1-6(2)3-7(5-9)4-8(10)11;;/h6-7H,3-5,9H2,1-2H3,(H,10,11);;/t7-;;/m0../s1. The SMILES string of the molecule is CC(C)C[C@H](CN)CC(=O)O.[CsH]. The summed E-state index contributed by atoms with van der Waals surface area (Å²) in [6, 6.07) is 0. The molecule has 0 amide bonds. The minimum absolute atomic E-state index is 0. The van der Waals surface area contributed by atoms with E-state index in [1.165, 1.54) is 0 Å². The zero-order valence-corrected chi connectivity index (χ0v) is 7.21. The van der Waals surface area contributed by atoms with E-state index >= 15 is 0 Å². The summed E-state index contributed by atoms with van der Waals surface area (Å²) in [6.45, 7) is 4.62. The summed E-state index contributed by atoms with van der Waals surface area (Å²) in [5.74, 6) is -0.0727. The van der Waals surface area contributed by atoms with E-state index in [0.29, 0.717) is 12.5 Å². The zero-order valence-electron chi connectivity index (χ0n) is 7.21. The Kier molecular flexibility index (Phi) is 12.0. The van der Waals surface area contributed by atoms with E-state index in [1.807, 2.05) is 0 Å². The second-order valence-electron chi connectivity index (χ2n) is 3.33. The summed E-state index contributed by atoms with van der Waals surface area (Å²) in [5.41, 5.74) is 5.41. The molecule has 0 rings (SSSR count). The first kappa shape index (κ1) is 15.9. The van der Waals surface area contributed by atoms with Gasteiger partial charge in [-0.15, -0.1) is 0 Å². The van der Waals surface area contributed by atoms with Crippen LogP contribution in [-0.2, 0) is 4.79 Å². The van der Waals surface area contributed by atoms with Gasteiger partial charge in [0.25, 0.3) is 0 Å². The summed E-state index contributed by atoms with van der Waals surface area (Å²) >= 11 is 0. The molecule has 12 heavy (non-hydrogen) atoms. The fourth-order valence-electron chi connectivity index (χ4n) is 1.18. The third-order valence-electron chi connectivity index (χ3n) is 1.60. The van der Waals surface area contributed by atoms with Gasteiger partial charge in [-0.05, 0) is 24.8 Å². The van der Waals surface area contributed by atoms with Gasteiger partial charge < -0.3 is 10.8 Å². The van der Waals surface area contributed by atoms with Gasteiger partial charge >= 0.3 is 74.9 Å². The molecule has 0 aliphatic heterocycles. The Morgan fingerprint density at radius 3 is 2.25 bits per heavy atom. The molecule has 0 unspecified atom stereocenters. The molecule has 0 heterocycles. The van der Waals surface area contributed by atoms with E-state index in [0.717, 1.165) is 6.42 Å². The van der Waals surface area contributed by atoms with Crippen LogP contribution in [0.25, 0.3) is 0 Å². The zero-order chi connectivity index (χ0) is 8.85. The third-order valence-corrected chi connectivity index (χ3v) is 1.60. The molecule has 3 nitrogen and oxygen atoms in total. The van der Waals surface area contributed by atoms with Crippen LogP contribution >= 0.6 is 0 Å². The van der Waals surface area contributed by atoms with Crippen molar-refractivity contribution in [3.8, 4) is 0 Å². The first-order valence-electron chi connectivity index (χ1n) is 3.98. The molecule has 4 heteroatoms. The Labute approximate surface area is 133 Å². The van der Waals surface area contributed by atoms with Crippen LogP contribution in [0.2, 0.25) is 0 Å². The van der Waals surface area contributed by atoms with Crippen molar-refractivity contribution in [2.75, 3.05) is 6.54 Å². The van der Waals surface area contributed by atoms with Gasteiger partial charge in [0.2, 0.25) is 0 Å². The number of carboxylic acid groups (broad SMARTS) is 1. The Morgan fingerprint density at radius 2 is 2.00 bits per heavy atom. The van der Waals surface area contributed by atoms with Gasteiger partial charge in [0.15, 0.2) is 0 Å². The van der Waals surface area contributed by atoms with Crippen molar-refractivity contribution in [2.45, 2.75) is 26.7 Å². The van der Waals surface area contributed by atoms with Crippen LogP contribution < -0.4 is 5.73 Å². The maximum atomic E-state index is 10.3. The van der Waals surface area contributed by atoms with Crippen LogP contribution in [0.4, 0.5) is 0 Å². The van der Waals surface area contributed by atoms with Crippen molar-refractivity contribution in [1.29, 1.82) is 0 Å². The molecule has 0 aliphatic carbocycles. The minimum atomic E-state index is -0.749. The van der Waals surface area contributed by atoms with Crippen LogP contribution in [0.15, 0.2) is 0 Å². The molecular formula is C8H18CsNO2. The average molecular weight is 293 g/mol. The fourth-order valence-corrected chi connectivity index (χ4v) is 1.18. The predicted octanol–water partition coefficient (Wildman–Crippen LogP) is 0.434. The monoisotopic (exact) mass is 293 g/mol. The summed E-state index contributed by atoms with van der Waals surface area (Å²) in [4.78, 5) is 10.3. The van der Waals surface area contributed by atoms with Crippen LogP contribution in [0, 0.1) is 11.8 Å². The first-order chi connectivity index (χ1) is 5.06. The molecule has 0 saturated carbocycles. The molecule has 0 spiro atoms. The molecule has 1 atom stereocenters. The fraction of sp³-hybridized carbons (Fsp3) is 0.875. The van der Waals surface area contributed by atoms with Gasteiger partial charge in [-0.3, -0.25) is 4.79 Å². The van der Waals surface area contributed by atoms with Gasteiger partial charge in [0.1, 0.15) is 0 Å². The summed E-state index contributed by atoms with van der Waals surface area (Å²) < 4.78 is 0. The Morgan fingerprint density at radius 1 is 1.50 bits per heavy atom. The van der Waals surface area contributed by atoms with Crippen molar-refractivity contribution in [2.24, 2.45) is 17.6 Å². The van der Waals surface area contributed by atoms with Crippen LogP contribution in [0.1, 0.15) is 26.7 Å². The quantitative estimate of drug-likeness (QED) is 0.773. The van der Waals surface area contributed by atoms with Crippen molar-refractivity contribution in [3.63, 3.8) is 0 Å². The molecule has 0 aromatic carbocycles. The van der Waals surface area contributed by atoms with E-state index in [2.05, 4.69) is 13.8 Å². The van der Waals surface area contributed by atoms with Crippen molar-refractivity contribution >= 4 is 74.9 Å². The molecule has 68 valence electrons. The molecular weight excluding hydrogens is 275 g/mol. The van der Waals surface area contributed by atoms with E-state index in [1.54, 1.807) is 0 Å². The van der Waals surface area contributed by atoms with Gasteiger partial charge in [-0.25, -0.2) is 0 Å². The number of carbonyl (C=O) groups is 1. The van der Waals surface area contributed by atoms with Crippen molar-refractivity contribution in [3.05, 3.63) is 0 Å². The van der Waals surface area contributed by atoms with Gasteiger partial charge in [0.05, 0.1) is 0 Å². The normalized spacial score (nSPS) is 12.3. The molecule has 0 bridgehead atoms. The predicted molar refractivity (Wildman–Crippen MR) is 51.4 cm³/mol. The first-order valence-corrected chi connectivity index (χ1v) is 3.98. The van der Waals surface area contributed by atoms with E-state index in [4.69, 9.17) is 10.8 Å². The molecule has 0 fully saturated rings. The second-order valence-corrected chi connectivity index (χ2v) is 3.33. The Balaban J connectivity index is 0. The summed E-state index contributed by atoms with van der Waals surface area (Å²) in [7, 11) is 0. The van der Waals surface area contributed by atoms with Gasteiger partial charge in [0, 0.05) is 6.42 Å². The average Bonchev–Trinajstić information content (AvgIpc) is 1.84. The van der Waals surface area contributed by atoms with E-state index < -0.39 is 5.97 Å². The number of hydrogen-bond donors (Lipinski definition) is 2. The molecule has 0 aromatic heterocycles. The Bertz CT molecular complexity index is 128. The number of aliphatic carboxylic acids is 1. The van der Waals surface area contributed by atoms with Crippen molar-refractivity contribution < 1.29 is 9.90 Å².